The SMILES string of the molecule is Cc1nc(N2CCN(C(C)C(=O)O)CC2)cc(=O)[nH]1. The van der Waals surface area contributed by atoms with Crippen LogP contribution >= 0.6 is 0 Å². The molecular weight excluding hydrogens is 248 g/mol. The fraction of sp³-hybridized carbons (Fsp3) is 0.583. The molecule has 1 unspecified atom stereocenters. The number of aryl methyl sites for hydroxylation is 1. The lowest BCUT2D eigenvalue weighted by Gasteiger charge is -2.37. The van der Waals surface area contributed by atoms with E-state index in [-0.39, 0.29) is 5.56 Å². The maximum absolute atomic E-state index is 11.4. The minimum atomic E-state index is -0.807. The molecule has 0 spiro atoms. The number of rotatable bonds is 3. The number of piperazine rings is 1. The van der Waals surface area contributed by atoms with Crippen LogP contribution in [0.1, 0.15) is 12.7 Å². The van der Waals surface area contributed by atoms with E-state index < -0.39 is 12.0 Å². The summed E-state index contributed by atoms with van der Waals surface area (Å²) in [5.74, 6) is 0.436. The summed E-state index contributed by atoms with van der Waals surface area (Å²) in [5, 5.41) is 8.98. The van der Waals surface area contributed by atoms with Crippen molar-refractivity contribution in [3.63, 3.8) is 0 Å². The highest BCUT2D eigenvalue weighted by Gasteiger charge is 2.25. The van der Waals surface area contributed by atoms with E-state index in [1.54, 1.807) is 13.8 Å². The van der Waals surface area contributed by atoms with E-state index in [1.807, 2.05) is 9.80 Å². The zero-order valence-corrected chi connectivity index (χ0v) is 11.1. The largest absolute Gasteiger partial charge is 0.480 e. The van der Waals surface area contributed by atoms with Gasteiger partial charge in [0.2, 0.25) is 0 Å². The van der Waals surface area contributed by atoms with Crippen molar-refractivity contribution in [3.8, 4) is 0 Å². The minimum absolute atomic E-state index is 0.163. The second kappa shape index (κ2) is 5.40. The van der Waals surface area contributed by atoms with Gasteiger partial charge in [0.25, 0.3) is 5.56 Å². The van der Waals surface area contributed by atoms with Gasteiger partial charge in [-0.3, -0.25) is 14.5 Å². The van der Waals surface area contributed by atoms with E-state index in [0.717, 1.165) is 0 Å². The van der Waals surface area contributed by atoms with Crippen molar-refractivity contribution in [2.24, 2.45) is 0 Å². The number of nitrogens with zero attached hydrogens (tertiary/aromatic N) is 3. The van der Waals surface area contributed by atoms with Gasteiger partial charge in [-0.05, 0) is 13.8 Å². The van der Waals surface area contributed by atoms with Crippen molar-refractivity contribution in [1.29, 1.82) is 0 Å². The van der Waals surface area contributed by atoms with Crippen LogP contribution in [0.4, 0.5) is 5.82 Å². The Kier molecular flexibility index (Phi) is 3.84. The van der Waals surface area contributed by atoms with E-state index in [2.05, 4.69) is 9.97 Å². The molecule has 0 bridgehead atoms. The number of hydrogen-bond acceptors (Lipinski definition) is 5. The van der Waals surface area contributed by atoms with Gasteiger partial charge >= 0.3 is 5.97 Å². The molecule has 1 aromatic heterocycles. The average molecular weight is 266 g/mol. The van der Waals surface area contributed by atoms with Crippen LogP contribution < -0.4 is 10.5 Å². The second-order valence-electron chi connectivity index (χ2n) is 4.73. The lowest BCUT2D eigenvalue weighted by molar-refractivity contribution is -0.142. The molecule has 2 N–H and O–H groups in total. The summed E-state index contributed by atoms with van der Waals surface area (Å²) in [4.78, 5) is 33.2. The van der Waals surface area contributed by atoms with Crippen LogP contribution in [0.25, 0.3) is 0 Å². The van der Waals surface area contributed by atoms with Crippen LogP contribution in [0.5, 0.6) is 0 Å². The second-order valence-corrected chi connectivity index (χ2v) is 4.73. The molecule has 0 amide bonds. The van der Waals surface area contributed by atoms with Crippen LogP contribution in [-0.4, -0.2) is 58.2 Å². The molecule has 1 aliphatic rings. The Morgan fingerprint density at radius 3 is 2.58 bits per heavy atom. The number of hydrogen-bond donors (Lipinski definition) is 2. The maximum Gasteiger partial charge on any atom is 0.320 e. The van der Waals surface area contributed by atoms with Gasteiger partial charge in [0.05, 0.1) is 0 Å². The molecule has 7 heteroatoms. The zero-order valence-electron chi connectivity index (χ0n) is 11.1. The molecule has 2 heterocycles. The first-order valence-corrected chi connectivity index (χ1v) is 6.27. The number of anilines is 1. The van der Waals surface area contributed by atoms with Crippen molar-refractivity contribution in [1.82, 2.24) is 14.9 Å². The molecule has 0 aromatic carbocycles. The van der Waals surface area contributed by atoms with Crippen molar-refractivity contribution in [2.45, 2.75) is 19.9 Å². The highest BCUT2D eigenvalue weighted by Crippen LogP contribution is 2.13. The number of H-pyrrole nitrogens is 1. The van der Waals surface area contributed by atoms with Crippen LogP contribution in [0, 0.1) is 6.92 Å². The lowest BCUT2D eigenvalue weighted by Crippen LogP contribution is -2.52. The van der Waals surface area contributed by atoms with Crippen molar-refractivity contribution < 1.29 is 9.90 Å². The smallest absolute Gasteiger partial charge is 0.320 e. The van der Waals surface area contributed by atoms with Crippen LogP contribution in [0.2, 0.25) is 0 Å². The van der Waals surface area contributed by atoms with Crippen molar-refractivity contribution in [3.05, 3.63) is 22.2 Å². The van der Waals surface area contributed by atoms with Crippen LogP contribution in [0.15, 0.2) is 10.9 Å². The number of carboxylic acid groups (broad SMARTS) is 1. The summed E-state index contributed by atoms with van der Waals surface area (Å²) in [5.41, 5.74) is -0.163. The molecule has 1 aliphatic heterocycles. The van der Waals surface area contributed by atoms with Gasteiger partial charge in [-0.1, -0.05) is 0 Å². The summed E-state index contributed by atoms with van der Waals surface area (Å²) in [6.45, 7) is 6.09. The van der Waals surface area contributed by atoms with E-state index >= 15 is 0 Å². The summed E-state index contributed by atoms with van der Waals surface area (Å²) in [7, 11) is 0. The predicted molar refractivity (Wildman–Crippen MR) is 70.5 cm³/mol. The standard InChI is InChI=1S/C12H18N4O3/c1-8(12(18)19)15-3-5-16(6-4-15)10-7-11(17)14-9(2)13-10/h7-8H,3-6H2,1-2H3,(H,18,19)(H,13,14,17). The monoisotopic (exact) mass is 266 g/mol. The third kappa shape index (κ3) is 3.11. The summed E-state index contributed by atoms with van der Waals surface area (Å²) >= 11 is 0. The fourth-order valence-electron chi connectivity index (χ4n) is 2.22. The summed E-state index contributed by atoms with van der Waals surface area (Å²) < 4.78 is 0. The summed E-state index contributed by atoms with van der Waals surface area (Å²) in [6, 6.07) is 1.000. The van der Waals surface area contributed by atoms with Crippen LogP contribution in [-0.2, 0) is 4.79 Å². The molecule has 0 radical (unpaired) electrons. The molecule has 0 saturated carbocycles. The summed E-state index contributed by atoms with van der Waals surface area (Å²) in [6.07, 6.45) is 0. The van der Waals surface area contributed by atoms with E-state index in [4.69, 9.17) is 5.11 Å². The quantitative estimate of drug-likeness (QED) is 0.779. The van der Waals surface area contributed by atoms with Gasteiger partial charge in [0.1, 0.15) is 17.7 Å². The Morgan fingerprint density at radius 2 is 2.05 bits per heavy atom. The molecule has 0 aliphatic carbocycles. The first-order chi connectivity index (χ1) is 8.97. The molecule has 2 rings (SSSR count). The van der Waals surface area contributed by atoms with Gasteiger partial charge in [-0.25, -0.2) is 4.98 Å². The van der Waals surface area contributed by atoms with Gasteiger partial charge in [0.15, 0.2) is 0 Å². The topological polar surface area (TPSA) is 89.5 Å². The number of aromatic nitrogens is 2. The third-order valence-corrected chi connectivity index (χ3v) is 3.39. The number of aromatic amines is 1. The molecule has 1 aromatic rings. The number of aliphatic carboxylic acids is 1. The van der Waals surface area contributed by atoms with Gasteiger partial charge in [0, 0.05) is 32.2 Å². The Labute approximate surface area is 110 Å². The van der Waals surface area contributed by atoms with Gasteiger partial charge in [-0.2, -0.15) is 0 Å². The molecule has 1 fully saturated rings. The first-order valence-electron chi connectivity index (χ1n) is 6.27. The normalized spacial score (nSPS) is 18.3. The maximum atomic E-state index is 11.4. The molecule has 1 saturated heterocycles. The van der Waals surface area contributed by atoms with Crippen molar-refractivity contribution in [2.75, 3.05) is 31.1 Å². The fourth-order valence-corrected chi connectivity index (χ4v) is 2.22. The Hall–Kier alpha value is -1.89. The van der Waals surface area contributed by atoms with E-state index in [0.29, 0.717) is 37.8 Å². The molecule has 1 atom stereocenters. The molecule has 7 nitrogen and oxygen atoms in total. The Bertz CT molecular complexity index is 520. The number of nitrogens with one attached hydrogen (secondary N) is 1. The lowest BCUT2D eigenvalue weighted by atomic mass is 10.2. The van der Waals surface area contributed by atoms with Gasteiger partial charge < -0.3 is 15.0 Å². The zero-order chi connectivity index (χ0) is 14.0. The number of carbonyl (C=O) groups is 1. The average Bonchev–Trinajstić information content (AvgIpc) is 2.37. The molecule has 104 valence electrons. The first kappa shape index (κ1) is 13.5. The van der Waals surface area contributed by atoms with E-state index in [1.165, 1.54) is 6.07 Å². The van der Waals surface area contributed by atoms with E-state index in [9.17, 15) is 9.59 Å². The highest BCUT2D eigenvalue weighted by atomic mass is 16.4. The minimum Gasteiger partial charge on any atom is -0.480 e. The molecular formula is C12H18N4O3. The van der Waals surface area contributed by atoms with Crippen LogP contribution in [0.3, 0.4) is 0 Å². The number of carboxylic acids is 1. The Balaban J connectivity index is 2.03. The van der Waals surface area contributed by atoms with Crippen molar-refractivity contribution >= 4 is 11.8 Å². The predicted octanol–water partition coefficient (Wildman–Crippen LogP) is -0.327. The highest BCUT2D eigenvalue weighted by molar-refractivity contribution is 5.72. The Morgan fingerprint density at radius 1 is 1.42 bits per heavy atom. The third-order valence-electron chi connectivity index (χ3n) is 3.39. The van der Waals surface area contributed by atoms with Gasteiger partial charge in [-0.15, -0.1) is 0 Å². The molecule has 19 heavy (non-hydrogen) atoms.